The molecule has 1 aromatic rings. The maximum atomic E-state index is 13.3. The molecule has 1 aliphatic heterocycles. The average molecular weight is 318 g/mol. The Labute approximate surface area is 126 Å². The molecule has 1 saturated heterocycles. The number of hydrogen-bond acceptors (Lipinski definition) is 2. The van der Waals surface area contributed by atoms with E-state index < -0.39 is 18.6 Å². The van der Waals surface area contributed by atoms with E-state index in [0.29, 0.717) is 18.5 Å². The number of amides is 1. The Morgan fingerprint density at radius 1 is 1.41 bits per heavy atom. The van der Waals surface area contributed by atoms with Crippen molar-refractivity contribution >= 4 is 5.91 Å². The summed E-state index contributed by atoms with van der Waals surface area (Å²) in [6.07, 6.45) is -3.67. The summed E-state index contributed by atoms with van der Waals surface area (Å²) in [5.74, 6) is -0.567. The molecule has 0 bridgehead atoms. The number of rotatable bonds is 4. The van der Waals surface area contributed by atoms with Crippen LogP contribution in [0.15, 0.2) is 24.3 Å². The summed E-state index contributed by atoms with van der Waals surface area (Å²) in [4.78, 5) is 13.7. The number of nitrogens with zero attached hydrogens (tertiary/aromatic N) is 1. The number of halogens is 4. The second-order valence-corrected chi connectivity index (χ2v) is 5.68. The van der Waals surface area contributed by atoms with Gasteiger partial charge in [-0.25, -0.2) is 4.39 Å². The van der Waals surface area contributed by atoms with Crippen LogP contribution in [0.1, 0.15) is 24.9 Å². The van der Waals surface area contributed by atoms with Crippen molar-refractivity contribution in [3.8, 4) is 0 Å². The molecule has 22 heavy (non-hydrogen) atoms. The van der Waals surface area contributed by atoms with Crippen LogP contribution < -0.4 is 5.32 Å². The number of hydrogen-bond donors (Lipinski definition) is 1. The van der Waals surface area contributed by atoms with Crippen LogP contribution in [0.5, 0.6) is 0 Å². The molecule has 0 unspecified atom stereocenters. The fraction of sp³-hybridized carbons (Fsp3) is 0.533. The molecule has 1 heterocycles. The highest BCUT2D eigenvalue weighted by Crippen LogP contribution is 2.35. The van der Waals surface area contributed by atoms with Crippen LogP contribution in [0.2, 0.25) is 0 Å². The molecule has 1 amide bonds. The van der Waals surface area contributed by atoms with E-state index in [1.165, 1.54) is 17.0 Å². The van der Waals surface area contributed by atoms with Gasteiger partial charge in [-0.1, -0.05) is 19.1 Å². The van der Waals surface area contributed by atoms with E-state index >= 15 is 0 Å². The van der Waals surface area contributed by atoms with Gasteiger partial charge in [0.25, 0.3) is 0 Å². The molecule has 0 spiro atoms. The Hall–Kier alpha value is -1.63. The molecule has 0 aliphatic carbocycles. The van der Waals surface area contributed by atoms with E-state index in [1.54, 1.807) is 12.1 Å². The molecule has 0 saturated carbocycles. The lowest BCUT2D eigenvalue weighted by Crippen LogP contribution is -2.40. The van der Waals surface area contributed by atoms with Crippen LogP contribution in [0, 0.1) is 11.7 Å². The molecule has 7 heteroatoms. The number of alkyl halides is 3. The van der Waals surface area contributed by atoms with Crippen molar-refractivity contribution in [2.45, 2.75) is 25.6 Å². The molecule has 1 fully saturated rings. The first-order valence-corrected chi connectivity index (χ1v) is 7.08. The molecule has 2 rings (SSSR count). The number of carbonyl (C=O) groups excluding carboxylic acids is 1. The quantitative estimate of drug-likeness (QED) is 0.866. The minimum absolute atomic E-state index is 0.222. The SMILES string of the molecule is C[C@H]1C[C@H](c2cccc(F)c2)N(C(=O)CNCC(F)(F)F)C1. The summed E-state index contributed by atoms with van der Waals surface area (Å²) in [5.41, 5.74) is 0.675. The molecular weight excluding hydrogens is 300 g/mol. The lowest BCUT2D eigenvalue weighted by Gasteiger charge is -2.25. The Bertz CT molecular complexity index is 533. The highest BCUT2D eigenvalue weighted by atomic mass is 19.4. The van der Waals surface area contributed by atoms with E-state index in [-0.39, 0.29) is 24.3 Å². The summed E-state index contributed by atoms with van der Waals surface area (Å²) >= 11 is 0. The Kier molecular flexibility index (Phi) is 5.05. The topological polar surface area (TPSA) is 32.3 Å². The van der Waals surface area contributed by atoms with Gasteiger partial charge in [0.15, 0.2) is 0 Å². The van der Waals surface area contributed by atoms with E-state index in [9.17, 15) is 22.4 Å². The second-order valence-electron chi connectivity index (χ2n) is 5.68. The molecular formula is C15H18F4N2O. The van der Waals surface area contributed by atoms with Crippen molar-refractivity contribution < 1.29 is 22.4 Å². The average Bonchev–Trinajstić information content (AvgIpc) is 2.79. The maximum Gasteiger partial charge on any atom is 0.401 e. The summed E-state index contributed by atoms with van der Waals surface area (Å²) in [7, 11) is 0. The van der Waals surface area contributed by atoms with E-state index in [1.807, 2.05) is 6.92 Å². The van der Waals surface area contributed by atoms with Gasteiger partial charge in [0.05, 0.1) is 19.1 Å². The smallest absolute Gasteiger partial charge is 0.334 e. The molecule has 0 aromatic heterocycles. The zero-order valence-electron chi connectivity index (χ0n) is 12.2. The van der Waals surface area contributed by atoms with Crippen molar-refractivity contribution in [1.82, 2.24) is 10.2 Å². The van der Waals surface area contributed by atoms with Gasteiger partial charge < -0.3 is 10.2 Å². The zero-order valence-corrected chi connectivity index (χ0v) is 12.2. The first kappa shape index (κ1) is 16.7. The van der Waals surface area contributed by atoms with Crippen LogP contribution in [-0.4, -0.2) is 36.6 Å². The lowest BCUT2D eigenvalue weighted by atomic mass is 10.0. The van der Waals surface area contributed by atoms with Gasteiger partial charge in [-0.3, -0.25) is 4.79 Å². The third-order valence-corrected chi connectivity index (χ3v) is 3.67. The molecule has 0 radical (unpaired) electrons. The molecule has 3 nitrogen and oxygen atoms in total. The normalized spacial score (nSPS) is 22.1. The molecule has 1 N–H and O–H groups in total. The van der Waals surface area contributed by atoms with Gasteiger partial charge >= 0.3 is 6.18 Å². The van der Waals surface area contributed by atoms with Crippen LogP contribution in [0.4, 0.5) is 17.6 Å². The van der Waals surface area contributed by atoms with Gasteiger partial charge in [-0.2, -0.15) is 13.2 Å². The van der Waals surface area contributed by atoms with Crippen molar-refractivity contribution in [1.29, 1.82) is 0 Å². The summed E-state index contributed by atoms with van der Waals surface area (Å²) < 4.78 is 49.6. The van der Waals surface area contributed by atoms with Crippen LogP contribution in [0.3, 0.4) is 0 Å². The summed E-state index contributed by atoms with van der Waals surface area (Å²) in [6, 6.07) is 5.70. The molecule has 1 aliphatic rings. The van der Waals surface area contributed by atoms with E-state index in [0.717, 1.165) is 0 Å². The van der Waals surface area contributed by atoms with Crippen molar-refractivity contribution in [2.75, 3.05) is 19.6 Å². The third-order valence-electron chi connectivity index (χ3n) is 3.67. The lowest BCUT2D eigenvalue weighted by molar-refractivity contribution is -0.135. The van der Waals surface area contributed by atoms with Gasteiger partial charge in [0.1, 0.15) is 5.82 Å². The largest absolute Gasteiger partial charge is 0.401 e. The van der Waals surface area contributed by atoms with Gasteiger partial charge in [0, 0.05) is 6.54 Å². The second kappa shape index (κ2) is 6.64. The Morgan fingerprint density at radius 2 is 2.14 bits per heavy atom. The Balaban J connectivity index is 2.03. The van der Waals surface area contributed by atoms with E-state index in [4.69, 9.17) is 0 Å². The predicted octanol–water partition coefficient (Wildman–Crippen LogP) is 2.89. The summed E-state index contributed by atoms with van der Waals surface area (Å²) in [6.45, 7) is 0.848. The van der Waals surface area contributed by atoms with Gasteiger partial charge in [0.2, 0.25) is 5.91 Å². The minimum atomic E-state index is -4.35. The molecule has 2 atom stereocenters. The first-order chi connectivity index (χ1) is 10.3. The van der Waals surface area contributed by atoms with Gasteiger partial charge in [-0.05, 0) is 30.0 Å². The van der Waals surface area contributed by atoms with Crippen molar-refractivity contribution in [2.24, 2.45) is 5.92 Å². The highest BCUT2D eigenvalue weighted by Gasteiger charge is 2.34. The summed E-state index contributed by atoms with van der Waals surface area (Å²) in [5, 5.41) is 2.11. The number of nitrogens with one attached hydrogen (secondary N) is 1. The fourth-order valence-electron chi connectivity index (χ4n) is 2.76. The van der Waals surface area contributed by atoms with E-state index in [2.05, 4.69) is 5.32 Å². The van der Waals surface area contributed by atoms with Crippen LogP contribution in [-0.2, 0) is 4.79 Å². The van der Waals surface area contributed by atoms with Crippen molar-refractivity contribution in [3.63, 3.8) is 0 Å². The zero-order chi connectivity index (χ0) is 16.3. The molecule has 1 aromatic carbocycles. The fourth-order valence-corrected chi connectivity index (χ4v) is 2.76. The minimum Gasteiger partial charge on any atom is -0.334 e. The Morgan fingerprint density at radius 3 is 2.77 bits per heavy atom. The predicted molar refractivity (Wildman–Crippen MR) is 73.6 cm³/mol. The van der Waals surface area contributed by atoms with Gasteiger partial charge in [-0.15, -0.1) is 0 Å². The monoisotopic (exact) mass is 318 g/mol. The standard InChI is InChI=1S/C15H18F4N2O/c1-10-5-13(11-3-2-4-12(16)6-11)21(8-10)14(22)7-20-9-15(17,18)19/h2-4,6,10,13,20H,5,7-9H2,1H3/t10-,13+/m0/s1. The number of carbonyl (C=O) groups is 1. The number of likely N-dealkylation sites (tertiary alicyclic amines) is 1. The third kappa shape index (κ3) is 4.43. The van der Waals surface area contributed by atoms with Crippen LogP contribution in [0.25, 0.3) is 0 Å². The number of benzene rings is 1. The first-order valence-electron chi connectivity index (χ1n) is 7.08. The highest BCUT2D eigenvalue weighted by molar-refractivity contribution is 5.79. The van der Waals surface area contributed by atoms with Crippen molar-refractivity contribution in [3.05, 3.63) is 35.6 Å². The maximum absolute atomic E-state index is 13.3. The van der Waals surface area contributed by atoms with Crippen LogP contribution >= 0.6 is 0 Å². The molecule has 122 valence electrons.